The quantitative estimate of drug-likeness (QED) is 0.731. The minimum atomic E-state index is -0.800. The van der Waals surface area contributed by atoms with Crippen LogP contribution in [-0.4, -0.2) is 32.6 Å². The van der Waals surface area contributed by atoms with Gasteiger partial charge in [-0.2, -0.15) is 0 Å². The van der Waals surface area contributed by atoms with Crippen LogP contribution in [-0.2, 0) is 13.0 Å². The third-order valence-corrected chi connectivity index (χ3v) is 5.45. The number of aromatic amines is 1. The lowest BCUT2D eigenvalue weighted by Gasteiger charge is -2.32. The maximum Gasteiger partial charge on any atom is 0.272 e. The number of fused-ring (bicyclic) bond motifs is 1. The molecule has 1 saturated heterocycles. The molecule has 3 heterocycles. The number of hydrogen-bond acceptors (Lipinski definition) is 3. The molecule has 0 bridgehead atoms. The van der Waals surface area contributed by atoms with Crippen LogP contribution in [0.2, 0.25) is 0 Å². The van der Waals surface area contributed by atoms with Crippen molar-refractivity contribution in [2.45, 2.75) is 39.2 Å². The fourth-order valence-corrected chi connectivity index (χ4v) is 4.07. The van der Waals surface area contributed by atoms with Gasteiger partial charge in [0.2, 0.25) is 0 Å². The van der Waals surface area contributed by atoms with E-state index in [4.69, 9.17) is 0 Å². The maximum absolute atomic E-state index is 13.4. The van der Waals surface area contributed by atoms with Gasteiger partial charge in [-0.15, -0.1) is 0 Å². The zero-order valence-corrected chi connectivity index (χ0v) is 15.9. The molecule has 1 aliphatic heterocycles. The monoisotopic (exact) mass is 386 g/mol. The Morgan fingerprint density at radius 2 is 2.07 bits per heavy atom. The van der Waals surface area contributed by atoms with Crippen molar-refractivity contribution in [2.75, 3.05) is 13.1 Å². The molecule has 3 aromatic rings. The van der Waals surface area contributed by atoms with E-state index in [2.05, 4.69) is 15.0 Å². The van der Waals surface area contributed by atoms with Crippen molar-refractivity contribution >= 4 is 5.65 Å². The first-order chi connectivity index (χ1) is 13.5. The fraction of sp³-hybridized carbons (Fsp3) is 0.429. The van der Waals surface area contributed by atoms with Gasteiger partial charge in [-0.25, -0.2) is 18.3 Å². The van der Waals surface area contributed by atoms with E-state index in [1.54, 1.807) is 12.1 Å². The second-order valence-electron chi connectivity index (χ2n) is 7.75. The third kappa shape index (κ3) is 4.14. The standard InChI is InChI=1S/C21H24F2N4O/c1-14-9-20-24-17(11-21(28)27(20)25-14)13-26-8-2-3-16(12-26)5-4-15-6-7-18(22)19(23)10-15/h6-7,9-11,16,25H,2-5,8,12-13H2,1H3. The molecule has 7 heteroatoms. The molecule has 0 saturated carbocycles. The number of aromatic nitrogens is 3. The number of hydrogen-bond donors (Lipinski definition) is 1. The number of benzene rings is 1. The van der Waals surface area contributed by atoms with Crippen LogP contribution >= 0.6 is 0 Å². The Labute approximate surface area is 162 Å². The van der Waals surface area contributed by atoms with E-state index in [1.165, 1.54) is 16.6 Å². The maximum atomic E-state index is 13.4. The van der Waals surface area contributed by atoms with Gasteiger partial charge in [-0.3, -0.25) is 14.8 Å². The highest BCUT2D eigenvalue weighted by atomic mass is 19.2. The summed E-state index contributed by atoms with van der Waals surface area (Å²) in [5, 5.41) is 2.98. The van der Waals surface area contributed by atoms with Crippen molar-refractivity contribution in [3.05, 3.63) is 69.3 Å². The largest absolute Gasteiger partial charge is 0.297 e. The van der Waals surface area contributed by atoms with Crippen LogP contribution in [0.15, 0.2) is 35.1 Å². The Balaban J connectivity index is 1.38. The smallest absolute Gasteiger partial charge is 0.272 e. The number of halogens is 2. The number of piperidine rings is 1. The molecule has 2 aromatic heterocycles. The lowest BCUT2D eigenvalue weighted by molar-refractivity contribution is 0.160. The first kappa shape index (κ1) is 18.8. The highest BCUT2D eigenvalue weighted by Crippen LogP contribution is 2.23. The number of likely N-dealkylation sites (tertiary alicyclic amines) is 1. The molecule has 1 atom stereocenters. The van der Waals surface area contributed by atoms with Crippen LogP contribution in [0.5, 0.6) is 0 Å². The summed E-state index contributed by atoms with van der Waals surface area (Å²) >= 11 is 0. The first-order valence-corrected chi connectivity index (χ1v) is 9.72. The number of H-pyrrole nitrogens is 1. The summed E-state index contributed by atoms with van der Waals surface area (Å²) in [7, 11) is 0. The minimum absolute atomic E-state index is 0.0972. The van der Waals surface area contributed by atoms with Gasteiger partial charge in [0.15, 0.2) is 17.3 Å². The van der Waals surface area contributed by atoms with Gasteiger partial charge in [-0.05, 0) is 62.8 Å². The van der Waals surface area contributed by atoms with Crippen molar-refractivity contribution in [3.63, 3.8) is 0 Å². The zero-order valence-electron chi connectivity index (χ0n) is 15.9. The van der Waals surface area contributed by atoms with Crippen LogP contribution in [0, 0.1) is 24.5 Å². The Morgan fingerprint density at radius 1 is 1.21 bits per heavy atom. The highest BCUT2D eigenvalue weighted by Gasteiger charge is 2.21. The molecule has 0 spiro atoms. The van der Waals surface area contributed by atoms with Crippen LogP contribution in [0.1, 0.15) is 36.2 Å². The van der Waals surface area contributed by atoms with E-state index in [9.17, 15) is 13.6 Å². The van der Waals surface area contributed by atoms with Gasteiger partial charge in [0.05, 0.1) is 5.69 Å². The molecule has 1 aliphatic rings. The number of aryl methyl sites for hydroxylation is 2. The second-order valence-corrected chi connectivity index (χ2v) is 7.75. The van der Waals surface area contributed by atoms with E-state index in [0.29, 0.717) is 18.1 Å². The van der Waals surface area contributed by atoms with Gasteiger partial charge in [0, 0.05) is 30.9 Å². The highest BCUT2D eigenvalue weighted by molar-refractivity contribution is 5.39. The van der Waals surface area contributed by atoms with Gasteiger partial charge >= 0.3 is 0 Å². The van der Waals surface area contributed by atoms with Gasteiger partial charge in [-0.1, -0.05) is 6.07 Å². The van der Waals surface area contributed by atoms with E-state index < -0.39 is 11.6 Å². The van der Waals surface area contributed by atoms with E-state index in [0.717, 1.165) is 55.7 Å². The number of nitrogens with zero attached hydrogens (tertiary/aromatic N) is 3. The van der Waals surface area contributed by atoms with Gasteiger partial charge < -0.3 is 0 Å². The molecule has 1 aromatic carbocycles. The van der Waals surface area contributed by atoms with E-state index in [-0.39, 0.29) is 5.56 Å². The van der Waals surface area contributed by atoms with Gasteiger partial charge in [0.1, 0.15) is 0 Å². The lowest BCUT2D eigenvalue weighted by atomic mass is 9.91. The average molecular weight is 386 g/mol. The predicted molar refractivity (Wildman–Crippen MR) is 103 cm³/mol. The average Bonchev–Trinajstić information content (AvgIpc) is 3.04. The van der Waals surface area contributed by atoms with Crippen molar-refractivity contribution in [3.8, 4) is 0 Å². The second kappa shape index (κ2) is 7.83. The van der Waals surface area contributed by atoms with E-state index in [1.807, 2.05) is 13.0 Å². The van der Waals surface area contributed by atoms with Crippen molar-refractivity contribution < 1.29 is 8.78 Å². The summed E-state index contributed by atoms with van der Waals surface area (Å²) in [5.41, 5.74) is 3.06. The summed E-state index contributed by atoms with van der Waals surface area (Å²) in [5.74, 6) is -1.08. The summed E-state index contributed by atoms with van der Waals surface area (Å²) in [6, 6.07) is 7.60. The Bertz CT molecular complexity index is 1040. The summed E-state index contributed by atoms with van der Waals surface area (Å²) < 4.78 is 27.9. The van der Waals surface area contributed by atoms with Crippen molar-refractivity contribution in [2.24, 2.45) is 5.92 Å². The normalized spacial score (nSPS) is 18.0. The molecular formula is C21H24F2N4O. The Kier molecular flexibility index (Phi) is 5.26. The number of nitrogens with one attached hydrogen (secondary N) is 1. The predicted octanol–water partition coefficient (Wildman–Crippen LogP) is 3.45. The Morgan fingerprint density at radius 3 is 2.89 bits per heavy atom. The first-order valence-electron chi connectivity index (χ1n) is 9.72. The SMILES string of the molecule is Cc1cc2nc(CN3CCCC(CCc4ccc(F)c(F)c4)C3)cc(=O)n2[nH]1. The third-order valence-electron chi connectivity index (χ3n) is 5.45. The Hall–Kier alpha value is -2.54. The molecular weight excluding hydrogens is 362 g/mol. The summed E-state index contributed by atoms with van der Waals surface area (Å²) in [6.45, 7) is 4.46. The summed E-state index contributed by atoms with van der Waals surface area (Å²) in [4.78, 5) is 19.2. The molecule has 1 fully saturated rings. The number of rotatable bonds is 5. The van der Waals surface area contributed by atoms with Crippen molar-refractivity contribution in [1.82, 2.24) is 19.5 Å². The molecule has 4 rings (SSSR count). The van der Waals surface area contributed by atoms with Crippen LogP contribution in [0.25, 0.3) is 5.65 Å². The molecule has 148 valence electrons. The van der Waals surface area contributed by atoms with Crippen molar-refractivity contribution in [1.29, 1.82) is 0 Å². The van der Waals surface area contributed by atoms with E-state index >= 15 is 0 Å². The zero-order chi connectivity index (χ0) is 19.7. The van der Waals surface area contributed by atoms with Gasteiger partial charge in [0.25, 0.3) is 5.56 Å². The van der Waals surface area contributed by atoms with Crippen LogP contribution in [0.4, 0.5) is 8.78 Å². The van der Waals surface area contributed by atoms with Crippen LogP contribution < -0.4 is 5.56 Å². The molecule has 1 N–H and O–H groups in total. The molecule has 0 aliphatic carbocycles. The molecule has 1 unspecified atom stereocenters. The molecule has 0 amide bonds. The lowest BCUT2D eigenvalue weighted by Crippen LogP contribution is -2.35. The fourth-order valence-electron chi connectivity index (χ4n) is 4.07. The molecule has 0 radical (unpaired) electrons. The molecule has 28 heavy (non-hydrogen) atoms. The minimum Gasteiger partial charge on any atom is -0.297 e. The van der Waals surface area contributed by atoms with Crippen LogP contribution in [0.3, 0.4) is 0 Å². The topological polar surface area (TPSA) is 53.4 Å². The molecule has 5 nitrogen and oxygen atoms in total. The summed E-state index contributed by atoms with van der Waals surface area (Å²) in [6.07, 6.45) is 3.90.